The van der Waals surface area contributed by atoms with Gasteiger partial charge >= 0.3 is 0 Å². The van der Waals surface area contributed by atoms with Gasteiger partial charge < -0.3 is 15.4 Å². The summed E-state index contributed by atoms with van der Waals surface area (Å²) in [4.78, 5) is 4.65. The molecule has 152 valence electrons. The van der Waals surface area contributed by atoms with Gasteiger partial charge in [0.2, 0.25) is 0 Å². The van der Waals surface area contributed by atoms with E-state index >= 15 is 0 Å². The number of nitrogens with zero attached hydrogens (tertiary/aromatic N) is 1. The molecule has 1 fully saturated rings. The van der Waals surface area contributed by atoms with Crippen LogP contribution in [0.2, 0.25) is 0 Å². The van der Waals surface area contributed by atoms with Gasteiger partial charge in [0.05, 0.1) is 11.3 Å². The number of guanidine groups is 1. The lowest BCUT2D eigenvalue weighted by molar-refractivity contribution is 0.0768. The van der Waals surface area contributed by atoms with Gasteiger partial charge in [-0.2, -0.15) is 0 Å². The number of nitrogens with one attached hydrogen (secondary N) is 2. The molecule has 2 atom stereocenters. The van der Waals surface area contributed by atoms with E-state index in [1.807, 2.05) is 25.1 Å². The molecule has 7 heteroatoms. The molecule has 6 nitrogen and oxygen atoms in total. The van der Waals surface area contributed by atoms with Crippen molar-refractivity contribution in [2.75, 3.05) is 32.6 Å². The van der Waals surface area contributed by atoms with Gasteiger partial charge in [-0.1, -0.05) is 37.3 Å². The Hall–Kier alpha value is -1.60. The molecule has 2 rings (SSSR count). The van der Waals surface area contributed by atoms with Crippen molar-refractivity contribution in [3.63, 3.8) is 0 Å². The van der Waals surface area contributed by atoms with Crippen LogP contribution in [0.1, 0.15) is 45.1 Å². The summed E-state index contributed by atoms with van der Waals surface area (Å²) < 4.78 is 29.4. The first-order valence-corrected chi connectivity index (χ1v) is 11.6. The summed E-state index contributed by atoms with van der Waals surface area (Å²) in [5.41, 5.74) is 1.25. The van der Waals surface area contributed by atoms with Crippen LogP contribution in [0.5, 0.6) is 0 Å². The van der Waals surface area contributed by atoms with Gasteiger partial charge in [-0.05, 0) is 32.3 Å². The van der Waals surface area contributed by atoms with Crippen molar-refractivity contribution in [2.45, 2.75) is 50.3 Å². The molecule has 2 N–H and O–H groups in total. The first-order valence-electron chi connectivity index (χ1n) is 9.66. The number of hydrogen-bond acceptors (Lipinski definition) is 4. The predicted molar refractivity (Wildman–Crippen MR) is 111 cm³/mol. The molecule has 1 aromatic carbocycles. The second-order valence-electron chi connectivity index (χ2n) is 7.40. The zero-order valence-corrected chi connectivity index (χ0v) is 17.7. The molecule has 1 saturated heterocycles. The third-order valence-electron chi connectivity index (χ3n) is 5.50. The number of aliphatic imine (C=N–C) groups is 1. The summed E-state index contributed by atoms with van der Waals surface area (Å²) in [5, 5.41) is 6.68. The van der Waals surface area contributed by atoms with Crippen molar-refractivity contribution in [3.05, 3.63) is 35.9 Å². The SMILES string of the molecule is CCNC(=NCC1(S(C)(=O)=O)CCOCC1)NC(C)C(C)c1ccccc1. The second-order valence-corrected chi connectivity index (χ2v) is 9.81. The van der Waals surface area contributed by atoms with Crippen molar-refractivity contribution in [3.8, 4) is 0 Å². The lowest BCUT2D eigenvalue weighted by Gasteiger charge is -2.34. The Labute approximate surface area is 163 Å². The van der Waals surface area contributed by atoms with Gasteiger partial charge in [0.25, 0.3) is 0 Å². The Bertz CT molecular complexity index is 713. The highest BCUT2D eigenvalue weighted by Crippen LogP contribution is 2.29. The largest absolute Gasteiger partial charge is 0.381 e. The van der Waals surface area contributed by atoms with E-state index in [1.165, 1.54) is 11.8 Å². The molecule has 2 unspecified atom stereocenters. The molecule has 0 saturated carbocycles. The van der Waals surface area contributed by atoms with E-state index in [9.17, 15) is 8.42 Å². The summed E-state index contributed by atoms with van der Waals surface area (Å²) >= 11 is 0. The van der Waals surface area contributed by atoms with Crippen LogP contribution in [0.25, 0.3) is 0 Å². The maximum Gasteiger partial charge on any atom is 0.191 e. The third-order valence-corrected chi connectivity index (χ3v) is 7.61. The van der Waals surface area contributed by atoms with Crippen LogP contribution in [0, 0.1) is 0 Å². The first kappa shape index (κ1) is 21.7. The quantitative estimate of drug-likeness (QED) is 0.547. The topological polar surface area (TPSA) is 79.8 Å². The fourth-order valence-electron chi connectivity index (χ4n) is 3.32. The Morgan fingerprint density at radius 1 is 1.22 bits per heavy atom. The fraction of sp³-hybridized carbons (Fsp3) is 0.650. The number of rotatable bonds is 7. The van der Waals surface area contributed by atoms with Gasteiger partial charge in [-0.25, -0.2) is 8.42 Å². The van der Waals surface area contributed by atoms with Gasteiger partial charge in [0.1, 0.15) is 0 Å². The van der Waals surface area contributed by atoms with Crippen LogP contribution in [0.4, 0.5) is 0 Å². The standard InChI is InChI=1S/C20H33N3O3S/c1-5-21-19(23-17(3)16(2)18-9-7-6-8-10-18)22-15-20(27(4,24)25)11-13-26-14-12-20/h6-10,16-17H,5,11-15H2,1-4H3,(H2,21,22,23). The summed E-state index contributed by atoms with van der Waals surface area (Å²) in [6.07, 6.45) is 2.30. The number of ether oxygens (including phenoxy) is 1. The molecule has 27 heavy (non-hydrogen) atoms. The van der Waals surface area contributed by atoms with Crippen molar-refractivity contribution in [1.29, 1.82) is 0 Å². The van der Waals surface area contributed by atoms with Crippen LogP contribution < -0.4 is 10.6 Å². The second kappa shape index (κ2) is 9.55. The molecular weight excluding hydrogens is 362 g/mol. The average molecular weight is 396 g/mol. The van der Waals surface area contributed by atoms with Crippen LogP contribution in [-0.2, 0) is 14.6 Å². The minimum Gasteiger partial charge on any atom is -0.381 e. The molecule has 0 spiro atoms. The van der Waals surface area contributed by atoms with Gasteiger partial charge in [-0.15, -0.1) is 0 Å². The normalized spacial score (nSPS) is 19.9. The van der Waals surface area contributed by atoms with Gasteiger partial charge in [-0.3, -0.25) is 4.99 Å². The average Bonchev–Trinajstić information content (AvgIpc) is 2.66. The maximum absolute atomic E-state index is 12.4. The van der Waals surface area contributed by atoms with E-state index < -0.39 is 14.6 Å². The molecule has 0 aromatic heterocycles. The number of hydrogen-bond donors (Lipinski definition) is 2. The highest BCUT2D eigenvalue weighted by Gasteiger charge is 2.42. The third kappa shape index (κ3) is 5.69. The summed E-state index contributed by atoms with van der Waals surface area (Å²) in [5.74, 6) is 0.948. The molecule has 0 amide bonds. The molecule has 1 aliphatic heterocycles. The monoisotopic (exact) mass is 395 g/mol. The van der Waals surface area contributed by atoms with Crippen molar-refractivity contribution in [2.24, 2.45) is 4.99 Å². The Balaban J connectivity index is 2.13. The Morgan fingerprint density at radius 3 is 2.41 bits per heavy atom. The van der Waals surface area contributed by atoms with Crippen LogP contribution in [-0.4, -0.2) is 57.7 Å². The summed E-state index contributed by atoms with van der Waals surface area (Å²) in [6, 6.07) is 10.5. The molecule has 1 heterocycles. The molecular formula is C20H33N3O3S. The summed E-state index contributed by atoms with van der Waals surface area (Å²) in [6.45, 7) is 8.19. The first-order chi connectivity index (χ1) is 12.8. The van der Waals surface area contributed by atoms with Gasteiger partial charge in [0, 0.05) is 38.0 Å². The van der Waals surface area contributed by atoms with Crippen molar-refractivity contribution < 1.29 is 13.2 Å². The van der Waals surface area contributed by atoms with Crippen molar-refractivity contribution >= 4 is 15.8 Å². The van der Waals surface area contributed by atoms with E-state index in [2.05, 4.69) is 41.6 Å². The van der Waals surface area contributed by atoms with Crippen molar-refractivity contribution in [1.82, 2.24) is 10.6 Å². The molecule has 0 aliphatic carbocycles. The zero-order valence-electron chi connectivity index (χ0n) is 16.9. The zero-order chi connectivity index (χ0) is 19.9. The van der Waals surface area contributed by atoms with Crippen LogP contribution in [0.15, 0.2) is 35.3 Å². The molecule has 1 aromatic rings. The van der Waals surface area contributed by atoms with E-state index in [-0.39, 0.29) is 12.6 Å². The Morgan fingerprint density at radius 2 is 1.85 bits per heavy atom. The lowest BCUT2D eigenvalue weighted by Crippen LogP contribution is -2.48. The molecule has 0 bridgehead atoms. The lowest BCUT2D eigenvalue weighted by atomic mass is 9.94. The maximum atomic E-state index is 12.4. The number of sulfone groups is 1. The summed E-state index contributed by atoms with van der Waals surface area (Å²) in [7, 11) is -3.23. The van der Waals surface area contributed by atoms with Crippen LogP contribution in [0.3, 0.4) is 0 Å². The van der Waals surface area contributed by atoms with E-state index in [4.69, 9.17) is 4.74 Å². The number of benzene rings is 1. The predicted octanol–water partition coefficient (Wildman–Crippen LogP) is 2.33. The van der Waals surface area contributed by atoms with E-state index in [0.29, 0.717) is 44.5 Å². The van der Waals surface area contributed by atoms with Crippen LogP contribution >= 0.6 is 0 Å². The molecule has 1 aliphatic rings. The highest BCUT2D eigenvalue weighted by molar-refractivity contribution is 7.92. The Kier molecular flexibility index (Phi) is 7.68. The fourth-order valence-corrected chi connectivity index (χ4v) is 4.53. The minimum atomic E-state index is -3.23. The van der Waals surface area contributed by atoms with Gasteiger partial charge in [0.15, 0.2) is 15.8 Å². The van der Waals surface area contributed by atoms with E-state index in [0.717, 1.165) is 0 Å². The van der Waals surface area contributed by atoms with E-state index in [1.54, 1.807) is 0 Å². The highest BCUT2D eigenvalue weighted by atomic mass is 32.2. The molecule has 0 radical (unpaired) electrons. The smallest absolute Gasteiger partial charge is 0.191 e. The minimum absolute atomic E-state index is 0.147.